The summed E-state index contributed by atoms with van der Waals surface area (Å²) in [6, 6.07) is 14.2. The van der Waals surface area contributed by atoms with Crippen LogP contribution >= 0.6 is 15.9 Å². The third kappa shape index (κ3) is 3.65. The number of ketones is 1. The number of fused-ring (bicyclic) bond motifs is 1. The number of sulfonamides is 1. The number of benzene rings is 2. The van der Waals surface area contributed by atoms with Gasteiger partial charge < -0.3 is 4.74 Å². The van der Waals surface area contributed by atoms with Gasteiger partial charge in [-0.15, -0.1) is 0 Å². The molecular weight excluding hydrogens is 456 g/mol. The lowest BCUT2D eigenvalue weighted by Crippen LogP contribution is -2.48. The zero-order chi connectivity index (χ0) is 20.8. The highest BCUT2D eigenvalue weighted by atomic mass is 79.9. The molecule has 0 saturated heterocycles. The van der Waals surface area contributed by atoms with Crippen LogP contribution in [0.1, 0.15) is 24.8 Å². The van der Waals surface area contributed by atoms with Crippen LogP contribution in [0.15, 0.2) is 51.8 Å². The Hall–Kier alpha value is -2.37. The van der Waals surface area contributed by atoms with E-state index in [4.69, 9.17) is 4.74 Å². The van der Waals surface area contributed by atoms with E-state index >= 15 is 0 Å². The van der Waals surface area contributed by atoms with Gasteiger partial charge in [0.05, 0.1) is 28.6 Å². The molecule has 0 unspecified atom stereocenters. The van der Waals surface area contributed by atoms with Crippen molar-refractivity contribution < 1.29 is 17.9 Å². The topological polar surface area (TPSA) is 87.5 Å². The fourth-order valence-corrected chi connectivity index (χ4v) is 5.88. The van der Waals surface area contributed by atoms with E-state index in [1.165, 1.54) is 4.31 Å². The zero-order valence-corrected chi connectivity index (χ0v) is 18.2. The van der Waals surface area contributed by atoms with E-state index in [9.17, 15) is 18.5 Å². The quantitative estimate of drug-likeness (QED) is 0.668. The minimum Gasteiger partial charge on any atom is -0.486 e. The molecule has 0 radical (unpaired) electrons. The number of nitrogens with zero attached hydrogens (tertiary/aromatic N) is 2. The van der Waals surface area contributed by atoms with Crippen LogP contribution in [0.2, 0.25) is 0 Å². The lowest BCUT2D eigenvalue weighted by molar-refractivity contribution is -0.130. The van der Waals surface area contributed by atoms with E-state index in [0.29, 0.717) is 17.9 Å². The molecule has 2 aromatic carbocycles. The first-order valence-corrected chi connectivity index (χ1v) is 11.4. The fourth-order valence-electron chi connectivity index (χ4n) is 3.93. The maximum Gasteiger partial charge on any atom is 0.264 e. The maximum absolute atomic E-state index is 13.5. The Labute approximate surface area is 178 Å². The van der Waals surface area contributed by atoms with E-state index in [-0.39, 0.29) is 30.1 Å². The van der Waals surface area contributed by atoms with Gasteiger partial charge in [-0.3, -0.25) is 9.10 Å². The Morgan fingerprint density at radius 2 is 2.03 bits per heavy atom. The Morgan fingerprint density at radius 1 is 1.28 bits per heavy atom. The lowest BCUT2D eigenvalue weighted by Gasteiger charge is -2.41. The average Bonchev–Trinajstić information content (AvgIpc) is 2.66. The second kappa shape index (κ2) is 7.15. The van der Waals surface area contributed by atoms with Crippen LogP contribution in [-0.4, -0.2) is 26.8 Å². The molecule has 1 aliphatic carbocycles. The molecule has 1 saturated carbocycles. The molecule has 1 aliphatic heterocycles. The zero-order valence-electron chi connectivity index (χ0n) is 15.8. The van der Waals surface area contributed by atoms with Gasteiger partial charge in [0, 0.05) is 23.7 Å². The van der Waals surface area contributed by atoms with Crippen molar-refractivity contribution in [3.8, 4) is 11.8 Å². The van der Waals surface area contributed by atoms with E-state index in [1.807, 2.05) is 13.0 Å². The number of aryl methyl sites for hydroxylation is 1. The molecule has 0 spiro atoms. The number of Topliss-reactive ketones (excluding diaryl/α,β-unsaturated/α-hetero) is 1. The molecule has 8 heteroatoms. The van der Waals surface area contributed by atoms with Crippen LogP contribution in [0.5, 0.6) is 5.75 Å². The van der Waals surface area contributed by atoms with Crippen LogP contribution in [0.3, 0.4) is 0 Å². The van der Waals surface area contributed by atoms with Crippen LogP contribution in [-0.2, 0) is 14.8 Å². The summed E-state index contributed by atoms with van der Waals surface area (Å²) >= 11 is 3.40. The second-order valence-electron chi connectivity index (χ2n) is 7.69. The molecule has 2 aliphatic rings. The molecule has 1 heterocycles. The summed E-state index contributed by atoms with van der Waals surface area (Å²) in [6.07, 6.45) is 0.184. The van der Waals surface area contributed by atoms with E-state index in [1.54, 1.807) is 36.4 Å². The number of carbonyl (C=O) groups is 1. The molecule has 1 atom stereocenters. The summed E-state index contributed by atoms with van der Waals surface area (Å²) in [6.45, 7) is 1.92. The van der Waals surface area contributed by atoms with Gasteiger partial charge in [0.15, 0.2) is 0 Å². The molecule has 0 amide bonds. The molecule has 0 aromatic heterocycles. The number of halogens is 1. The first-order chi connectivity index (χ1) is 13.7. The Bertz CT molecular complexity index is 1130. The van der Waals surface area contributed by atoms with Crippen molar-refractivity contribution in [2.45, 2.75) is 37.2 Å². The SMILES string of the molecule is Cc1cccc(S(=O)(=O)N2C[C@H](CC3(C#N)CC(=O)C3)Oc3ccc(Br)cc32)c1. The predicted octanol–water partition coefficient (Wildman–Crippen LogP) is 3.98. The monoisotopic (exact) mass is 474 g/mol. The van der Waals surface area contributed by atoms with Crippen molar-refractivity contribution in [3.63, 3.8) is 0 Å². The van der Waals surface area contributed by atoms with Crippen molar-refractivity contribution in [1.29, 1.82) is 5.26 Å². The fraction of sp³-hybridized carbons (Fsp3) is 0.333. The highest BCUT2D eigenvalue weighted by Gasteiger charge is 2.47. The standard InChI is InChI=1S/C21H19BrN2O4S/c1-14-3-2-4-18(7-14)29(26,27)24-12-17(11-21(13-23)9-16(25)10-21)28-20-6-5-15(22)8-19(20)24/h2-8,17H,9-12H2,1H3/t17-/m0/s1. The highest BCUT2D eigenvalue weighted by molar-refractivity contribution is 9.10. The number of anilines is 1. The molecule has 0 N–H and O–H groups in total. The number of carbonyl (C=O) groups excluding carboxylic acids is 1. The van der Waals surface area contributed by atoms with Gasteiger partial charge in [-0.25, -0.2) is 8.42 Å². The summed E-state index contributed by atoms with van der Waals surface area (Å²) < 4.78 is 35.1. The van der Waals surface area contributed by atoms with Crippen LogP contribution in [0.4, 0.5) is 5.69 Å². The normalized spacial score (nSPS) is 20.2. The number of ether oxygens (including phenoxy) is 1. The van der Waals surface area contributed by atoms with Gasteiger partial charge in [-0.1, -0.05) is 28.1 Å². The van der Waals surface area contributed by atoms with E-state index in [2.05, 4.69) is 22.0 Å². The average molecular weight is 475 g/mol. The van der Waals surface area contributed by atoms with Crippen molar-refractivity contribution in [1.82, 2.24) is 0 Å². The summed E-state index contributed by atoms with van der Waals surface area (Å²) in [5, 5.41) is 9.56. The van der Waals surface area contributed by atoms with Crippen LogP contribution in [0.25, 0.3) is 0 Å². The number of hydrogen-bond donors (Lipinski definition) is 0. The van der Waals surface area contributed by atoms with Crippen LogP contribution in [0, 0.1) is 23.7 Å². The van der Waals surface area contributed by atoms with Gasteiger partial charge in [0.1, 0.15) is 17.6 Å². The summed E-state index contributed by atoms with van der Waals surface area (Å²) in [7, 11) is -3.83. The highest BCUT2D eigenvalue weighted by Crippen LogP contribution is 2.45. The number of rotatable bonds is 4. The third-order valence-corrected chi connectivity index (χ3v) is 7.63. The molecule has 4 rings (SSSR count). The Kier molecular flexibility index (Phi) is 4.91. The molecular formula is C21H19BrN2O4S. The largest absolute Gasteiger partial charge is 0.486 e. The molecule has 1 fully saturated rings. The smallest absolute Gasteiger partial charge is 0.264 e. The minimum atomic E-state index is -3.83. The summed E-state index contributed by atoms with van der Waals surface area (Å²) in [5.41, 5.74) is 0.530. The molecule has 150 valence electrons. The maximum atomic E-state index is 13.5. The summed E-state index contributed by atoms with van der Waals surface area (Å²) in [5.74, 6) is 0.496. The first-order valence-electron chi connectivity index (χ1n) is 9.21. The molecule has 6 nitrogen and oxygen atoms in total. The van der Waals surface area contributed by atoms with Crippen molar-refractivity contribution in [2.75, 3.05) is 10.8 Å². The van der Waals surface area contributed by atoms with E-state index in [0.717, 1.165) is 10.0 Å². The molecule has 2 aromatic rings. The van der Waals surface area contributed by atoms with Gasteiger partial charge in [-0.2, -0.15) is 5.26 Å². The predicted molar refractivity (Wildman–Crippen MR) is 111 cm³/mol. The molecule has 29 heavy (non-hydrogen) atoms. The molecule has 0 bridgehead atoms. The Balaban J connectivity index is 1.73. The summed E-state index contributed by atoms with van der Waals surface area (Å²) in [4.78, 5) is 11.7. The lowest BCUT2D eigenvalue weighted by atomic mass is 9.66. The van der Waals surface area contributed by atoms with E-state index < -0.39 is 21.5 Å². The Morgan fingerprint density at radius 3 is 2.69 bits per heavy atom. The second-order valence-corrected chi connectivity index (χ2v) is 10.5. The van der Waals surface area contributed by atoms with Crippen molar-refractivity contribution >= 4 is 37.4 Å². The number of nitriles is 1. The minimum absolute atomic E-state index is 0.0518. The van der Waals surface area contributed by atoms with Gasteiger partial charge in [0.2, 0.25) is 0 Å². The number of hydrogen-bond acceptors (Lipinski definition) is 5. The van der Waals surface area contributed by atoms with Gasteiger partial charge >= 0.3 is 0 Å². The van der Waals surface area contributed by atoms with Gasteiger partial charge in [-0.05, 0) is 42.8 Å². The van der Waals surface area contributed by atoms with Crippen molar-refractivity contribution in [2.24, 2.45) is 5.41 Å². The van der Waals surface area contributed by atoms with Crippen LogP contribution < -0.4 is 9.04 Å². The third-order valence-electron chi connectivity index (χ3n) is 5.36. The first kappa shape index (κ1) is 19.9. The van der Waals surface area contributed by atoms with Crippen molar-refractivity contribution in [3.05, 3.63) is 52.5 Å². The van der Waals surface area contributed by atoms with Gasteiger partial charge in [0.25, 0.3) is 10.0 Å².